The minimum Gasteiger partial charge on any atom is -0.431 e. The van der Waals surface area contributed by atoms with Crippen LogP contribution in [0.5, 0.6) is 0 Å². The highest BCUT2D eigenvalue weighted by Crippen LogP contribution is 2.22. The number of benzene rings is 2. The lowest BCUT2D eigenvalue weighted by atomic mass is 10.1. The number of nitrogens with one attached hydrogen (secondary N) is 1. The third-order valence-corrected chi connectivity index (χ3v) is 4.92. The van der Waals surface area contributed by atoms with Crippen LogP contribution in [0.2, 0.25) is 0 Å². The van der Waals surface area contributed by atoms with E-state index < -0.39 is 0 Å². The largest absolute Gasteiger partial charge is 0.431 e. The van der Waals surface area contributed by atoms with Crippen LogP contribution in [-0.4, -0.2) is 26.4 Å². The Hall–Kier alpha value is -3.06. The topological polar surface area (TPSA) is 73.0 Å². The highest BCUT2D eigenvalue weighted by atomic mass is 32.2. The second kappa shape index (κ2) is 8.09. The fourth-order valence-corrected chi connectivity index (χ4v) is 3.41. The Morgan fingerprint density at radius 1 is 1.07 bits per heavy atom. The zero-order chi connectivity index (χ0) is 18.5. The molecule has 4 rings (SSSR count). The Morgan fingerprint density at radius 3 is 2.70 bits per heavy atom. The van der Waals surface area contributed by atoms with E-state index in [4.69, 9.17) is 4.42 Å². The number of rotatable bonds is 7. The van der Waals surface area contributed by atoms with Crippen molar-refractivity contribution in [1.82, 2.24) is 20.1 Å². The number of oxazole rings is 1. The monoisotopic (exact) mass is 378 g/mol. The van der Waals surface area contributed by atoms with Gasteiger partial charge in [-0.05, 0) is 29.3 Å². The lowest BCUT2D eigenvalue weighted by Crippen LogP contribution is -2.25. The van der Waals surface area contributed by atoms with Gasteiger partial charge in [-0.3, -0.25) is 9.48 Å². The summed E-state index contributed by atoms with van der Waals surface area (Å²) in [4.78, 5) is 16.6. The molecular formula is C20H18N4O2S. The summed E-state index contributed by atoms with van der Waals surface area (Å²) >= 11 is 1.29. The number of carbonyl (C=O) groups excluding carboxylic acids is 1. The molecule has 1 N–H and O–H groups in total. The van der Waals surface area contributed by atoms with E-state index in [2.05, 4.69) is 21.5 Å². The maximum absolute atomic E-state index is 12.2. The fourth-order valence-electron chi connectivity index (χ4n) is 2.74. The summed E-state index contributed by atoms with van der Waals surface area (Å²) < 4.78 is 7.49. The normalized spacial score (nSPS) is 11.0. The molecule has 0 aliphatic rings. The van der Waals surface area contributed by atoms with Gasteiger partial charge in [-0.2, -0.15) is 5.10 Å². The van der Waals surface area contributed by atoms with Crippen LogP contribution in [0.15, 0.2) is 76.6 Å². The summed E-state index contributed by atoms with van der Waals surface area (Å²) in [6, 6.07) is 17.5. The van der Waals surface area contributed by atoms with Crippen LogP contribution in [0, 0.1) is 0 Å². The van der Waals surface area contributed by atoms with E-state index in [1.54, 1.807) is 6.20 Å². The minimum absolute atomic E-state index is 0.0591. The Kier molecular flexibility index (Phi) is 5.20. The quantitative estimate of drug-likeness (QED) is 0.499. The molecule has 0 atom stereocenters. The molecule has 0 unspecified atom stereocenters. The number of hydrogen-bond acceptors (Lipinski definition) is 5. The van der Waals surface area contributed by atoms with E-state index in [1.165, 1.54) is 11.8 Å². The Labute approximate surface area is 160 Å². The number of carbonyl (C=O) groups is 1. The Bertz CT molecular complexity index is 1010. The standard InChI is InChI=1S/C20H18N4O2S/c25-19(14-27-20-23-17-8-3-4-9-18(17)26-20)21-12-15-6-1-2-7-16(15)13-24-11-5-10-22-24/h1-11H,12-14H2,(H,21,25). The summed E-state index contributed by atoms with van der Waals surface area (Å²) in [6.07, 6.45) is 3.68. The van der Waals surface area contributed by atoms with Crippen molar-refractivity contribution in [2.75, 3.05) is 5.75 Å². The van der Waals surface area contributed by atoms with Crippen molar-refractivity contribution in [1.29, 1.82) is 0 Å². The van der Waals surface area contributed by atoms with Crippen LogP contribution in [-0.2, 0) is 17.9 Å². The molecular weight excluding hydrogens is 360 g/mol. The molecule has 6 nitrogen and oxygen atoms in total. The van der Waals surface area contributed by atoms with Crippen LogP contribution >= 0.6 is 11.8 Å². The van der Waals surface area contributed by atoms with Gasteiger partial charge in [0, 0.05) is 18.9 Å². The molecule has 0 saturated carbocycles. The lowest BCUT2D eigenvalue weighted by Gasteiger charge is -2.10. The lowest BCUT2D eigenvalue weighted by molar-refractivity contribution is -0.118. The van der Waals surface area contributed by atoms with Gasteiger partial charge in [-0.15, -0.1) is 0 Å². The predicted octanol–water partition coefficient (Wildman–Crippen LogP) is 3.48. The Morgan fingerprint density at radius 2 is 1.89 bits per heavy atom. The van der Waals surface area contributed by atoms with Crippen molar-refractivity contribution in [2.45, 2.75) is 18.3 Å². The number of thioether (sulfide) groups is 1. The molecule has 0 radical (unpaired) electrons. The maximum atomic E-state index is 12.2. The third-order valence-electron chi connectivity index (χ3n) is 4.09. The molecule has 2 heterocycles. The van der Waals surface area contributed by atoms with E-state index in [1.807, 2.05) is 59.4 Å². The van der Waals surface area contributed by atoms with Gasteiger partial charge < -0.3 is 9.73 Å². The van der Waals surface area contributed by atoms with Gasteiger partial charge in [-0.1, -0.05) is 48.2 Å². The Balaban J connectivity index is 1.32. The van der Waals surface area contributed by atoms with Crippen molar-refractivity contribution in [2.24, 2.45) is 0 Å². The zero-order valence-corrected chi connectivity index (χ0v) is 15.4. The molecule has 136 valence electrons. The van der Waals surface area contributed by atoms with Crippen molar-refractivity contribution in [3.8, 4) is 0 Å². The smallest absolute Gasteiger partial charge is 0.257 e. The SMILES string of the molecule is O=C(CSc1nc2ccccc2o1)NCc1ccccc1Cn1cccn1. The molecule has 2 aromatic heterocycles. The minimum atomic E-state index is -0.0591. The molecule has 0 aliphatic carbocycles. The predicted molar refractivity (Wildman–Crippen MR) is 104 cm³/mol. The average Bonchev–Trinajstić information content (AvgIpc) is 3.34. The van der Waals surface area contributed by atoms with Crippen LogP contribution < -0.4 is 5.32 Å². The second-order valence-electron chi connectivity index (χ2n) is 5.99. The molecule has 7 heteroatoms. The van der Waals surface area contributed by atoms with E-state index in [-0.39, 0.29) is 11.7 Å². The molecule has 4 aromatic rings. The van der Waals surface area contributed by atoms with E-state index in [0.29, 0.717) is 18.3 Å². The maximum Gasteiger partial charge on any atom is 0.257 e. The number of fused-ring (bicyclic) bond motifs is 1. The molecule has 27 heavy (non-hydrogen) atoms. The summed E-state index contributed by atoms with van der Waals surface area (Å²) in [6.45, 7) is 1.15. The number of aromatic nitrogens is 3. The van der Waals surface area contributed by atoms with Gasteiger partial charge in [0.1, 0.15) is 5.52 Å². The van der Waals surface area contributed by atoms with Crippen LogP contribution in [0.25, 0.3) is 11.1 Å². The van der Waals surface area contributed by atoms with Gasteiger partial charge in [0.25, 0.3) is 5.22 Å². The van der Waals surface area contributed by atoms with E-state index in [9.17, 15) is 4.79 Å². The summed E-state index contributed by atoms with van der Waals surface area (Å²) in [7, 11) is 0. The third kappa shape index (κ3) is 4.38. The second-order valence-corrected chi connectivity index (χ2v) is 6.91. The molecule has 1 amide bonds. The van der Waals surface area contributed by atoms with Crippen LogP contribution in [0.1, 0.15) is 11.1 Å². The van der Waals surface area contributed by atoms with Crippen molar-refractivity contribution < 1.29 is 9.21 Å². The van der Waals surface area contributed by atoms with Crippen molar-refractivity contribution in [3.63, 3.8) is 0 Å². The van der Waals surface area contributed by atoms with Gasteiger partial charge in [0.05, 0.1) is 12.3 Å². The number of hydrogen-bond donors (Lipinski definition) is 1. The zero-order valence-electron chi connectivity index (χ0n) is 14.5. The van der Waals surface area contributed by atoms with Crippen LogP contribution in [0.3, 0.4) is 0 Å². The van der Waals surface area contributed by atoms with E-state index in [0.717, 1.165) is 22.2 Å². The first kappa shape index (κ1) is 17.4. The first-order valence-corrected chi connectivity index (χ1v) is 9.56. The average molecular weight is 378 g/mol. The summed E-state index contributed by atoms with van der Waals surface area (Å²) in [5.74, 6) is 0.199. The molecule has 0 aliphatic heterocycles. The van der Waals surface area contributed by atoms with Gasteiger partial charge in [0.15, 0.2) is 5.58 Å². The number of amides is 1. The molecule has 0 bridgehead atoms. The molecule has 0 spiro atoms. The first-order valence-electron chi connectivity index (χ1n) is 8.57. The summed E-state index contributed by atoms with van der Waals surface area (Å²) in [5, 5.41) is 7.71. The first-order chi connectivity index (χ1) is 13.3. The van der Waals surface area contributed by atoms with E-state index >= 15 is 0 Å². The highest BCUT2D eigenvalue weighted by molar-refractivity contribution is 7.99. The van der Waals surface area contributed by atoms with Gasteiger partial charge >= 0.3 is 0 Å². The van der Waals surface area contributed by atoms with Gasteiger partial charge in [0.2, 0.25) is 5.91 Å². The molecule has 2 aromatic carbocycles. The molecule has 0 saturated heterocycles. The number of para-hydroxylation sites is 2. The highest BCUT2D eigenvalue weighted by Gasteiger charge is 2.10. The molecule has 0 fully saturated rings. The van der Waals surface area contributed by atoms with Crippen LogP contribution in [0.4, 0.5) is 0 Å². The fraction of sp³-hybridized carbons (Fsp3) is 0.150. The number of nitrogens with zero attached hydrogens (tertiary/aromatic N) is 3. The van der Waals surface area contributed by atoms with Crippen molar-refractivity contribution in [3.05, 3.63) is 78.1 Å². The van der Waals surface area contributed by atoms with Gasteiger partial charge in [-0.25, -0.2) is 4.98 Å². The summed E-state index contributed by atoms with van der Waals surface area (Å²) in [5.41, 5.74) is 3.74. The van der Waals surface area contributed by atoms with Crippen molar-refractivity contribution >= 4 is 28.8 Å².